The third kappa shape index (κ3) is 3.19. The number of hydrogen-bond donors (Lipinski definition) is 0. The molecule has 8 nitrogen and oxygen atoms in total. The number of fused-ring (bicyclic) bond motifs is 1. The smallest absolute Gasteiger partial charge is 0.274 e. The van der Waals surface area contributed by atoms with Crippen LogP contribution in [0.1, 0.15) is 33.2 Å². The Labute approximate surface area is 146 Å². The summed E-state index contributed by atoms with van der Waals surface area (Å²) in [6.07, 6.45) is 0. The first-order valence-corrected chi connectivity index (χ1v) is 8.69. The van der Waals surface area contributed by atoms with Crippen LogP contribution in [0.15, 0.2) is 10.6 Å². The van der Waals surface area contributed by atoms with Gasteiger partial charge < -0.3 is 14.2 Å². The number of ether oxygens (including phenoxy) is 1. The van der Waals surface area contributed by atoms with Gasteiger partial charge in [-0.05, 0) is 19.9 Å². The summed E-state index contributed by atoms with van der Waals surface area (Å²) in [7, 11) is 0. The first kappa shape index (κ1) is 16.3. The number of amides is 1. The van der Waals surface area contributed by atoms with Gasteiger partial charge in [0.1, 0.15) is 5.76 Å². The van der Waals surface area contributed by atoms with Crippen LogP contribution < -0.4 is 0 Å². The first-order chi connectivity index (χ1) is 12.1. The molecule has 0 aliphatic carbocycles. The molecule has 134 valence electrons. The molecule has 1 saturated heterocycles. The second-order valence-electron chi connectivity index (χ2n) is 6.66. The minimum atomic E-state index is 0.00229. The van der Waals surface area contributed by atoms with E-state index in [1.165, 1.54) is 0 Å². The Hall–Kier alpha value is -2.19. The Morgan fingerprint density at radius 1 is 1.20 bits per heavy atom. The molecule has 0 unspecified atom stereocenters. The largest absolute Gasteiger partial charge is 0.378 e. The topological polar surface area (TPSA) is 76.6 Å². The van der Waals surface area contributed by atoms with Gasteiger partial charge in [0, 0.05) is 38.3 Å². The van der Waals surface area contributed by atoms with E-state index < -0.39 is 0 Å². The van der Waals surface area contributed by atoms with Crippen LogP contribution in [0, 0.1) is 13.8 Å². The van der Waals surface area contributed by atoms with E-state index in [0.29, 0.717) is 32.0 Å². The van der Waals surface area contributed by atoms with Gasteiger partial charge in [-0.2, -0.15) is 5.10 Å². The lowest BCUT2D eigenvalue weighted by atomic mass is 10.1. The Bertz CT molecular complexity index is 756. The van der Waals surface area contributed by atoms with Gasteiger partial charge in [-0.3, -0.25) is 14.4 Å². The average molecular weight is 345 g/mol. The molecular weight excluding hydrogens is 322 g/mol. The standard InChI is InChI=1S/C17H23N5O3/c1-12-15(13(2)25-19-12)11-20-3-4-22-14(10-20)9-16(18-22)17(23)21-5-7-24-8-6-21/h9H,3-8,10-11H2,1-2H3. The maximum Gasteiger partial charge on any atom is 0.274 e. The molecule has 1 amide bonds. The maximum absolute atomic E-state index is 12.6. The second kappa shape index (κ2) is 6.61. The van der Waals surface area contributed by atoms with E-state index in [-0.39, 0.29) is 5.91 Å². The molecule has 0 aromatic carbocycles. The SMILES string of the molecule is Cc1noc(C)c1CN1CCn2nc(C(=O)N3CCOCC3)cc2C1. The van der Waals surface area contributed by atoms with Gasteiger partial charge in [-0.15, -0.1) is 0 Å². The molecule has 2 aromatic rings. The number of hydrogen-bond acceptors (Lipinski definition) is 6. The van der Waals surface area contributed by atoms with Gasteiger partial charge >= 0.3 is 0 Å². The fourth-order valence-electron chi connectivity index (χ4n) is 3.44. The number of carbonyl (C=O) groups is 1. The van der Waals surface area contributed by atoms with Gasteiger partial charge in [0.15, 0.2) is 5.69 Å². The van der Waals surface area contributed by atoms with Crippen LogP contribution in [0.2, 0.25) is 0 Å². The van der Waals surface area contributed by atoms with Crippen molar-refractivity contribution in [1.82, 2.24) is 24.7 Å². The van der Waals surface area contributed by atoms with Crippen LogP contribution in [-0.4, -0.2) is 63.5 Å². The van der Waals surface area contributed by atoms with E-state index in [9.17, 15) is 4.79 Å². The molecule has 4 heterocycles. The van der Waals surface area contributed by atoms with Crippen LogP contribution in [0.3, 0.4) is 0 Å². The summed E-state index contributed by atoms with van der Waals surface area (Å²) in [5.74, 6) is 0.877. The first-order valence-electron chi connectivity index (χ1n) is 8.69. The zero-order valence-electron chi connectivity index (χ0n) is 14.7. The fourth-order valence-corrected chi connectivity index (χ4v) is 3.44. The van der Waals surface area contributed by atoms with Crippen LogP contribution >= 0.6 is 0 Å². The van der Waals surface area contributed by atoms with E-state index in [1.807, 2.05) is 29.5 Å². The molecule has 1 fully saturated rings. The lowest BCUT2D eigenvalue weighted by Gasteiger charge is -2.27. The van der Waals surface area contributed by atoms with E-state index >= 15 is 0 Å². The summed E-state index contributed by atoms with van der Waals surface area (Å²) in [4.78, 5) is 16.8. The number of rotatable bonds is 3. The van der Waals surface area contributed by atoms with Crippen LogP contribution in [0.4, 0.5) is 0 Å². The van der Waals surface area contributed by atoms with Crippen molar-refractivity contribution in [3.05, 3.63) is 34.5 Å². The lowest BCUT2D eigenvalue weighted by Crippen LogP contribution is -2.40. The van der Waals surface area contributed by atoms with Crippen molar-refractivity contribution in [2.45, 2.75) is 33.5 Å². The summed E-state index contributed by atoms with van der Waals surface area (Å²) < 4.78 is 12.5. The molecule has 2 aromatic heterocycles. The summed E-state index contributed by atoms with van der Waals surface area (Å²) in [6, 6.07) is 1.93. The second-order valence-corrected chi connectivity index (χ2v) is 6.66. The number of carbonyl (C=O) groups excluding carboxylic acids is 1. The van der Waals surface area contributed by atoms with Crippen molar-refractivity contribution >= 4 is 5.91 Å². The molecule has 4 rings (SSSR count). The van der Waals surface area contributed by atoms with Crippen LogP contribution in [0.25, 0.3) is 0 Å². The summed E-state index contributed by atoms with van der Waals surface area (Å²) >= 11 is 0. The molecule has 0 radical (unpaired) electrons. The minimum Gasteiger partial charge on any atom is -0.378 e. The summed E-state index contributed by atoms with van der Waals surface area (Å²) in [5, 5.41) is 8.55. The van der Waals surface area contributed by atoms with E-state index in [4.69, 9.17) is 9.26 Å². The zero-order valence-corrected chi connectivity index (χ0v) is 14.7. The highest BCUT2D eigenvalue weighted by Gasteiger charge is 2.25. The van der Waals surface area contributed by atoms with Crippen LogP contribution in [-0.2, 0) is 24.4 Å². The van der Waals surface area contributed by atoms with E-state index in [1.54, 1.807) is 0 Å². The van der Waals surface area contributed by atoms with E-state index in [2.05, 4.69) is 15.2 Å². The molecule has 2 aliphatic rings. The molecule has 0 spiro atoms. The highest BCUT2D eigenvalue weighted by Crippen LogP contribution is 2.20. The molecule has 25 heavy (non-hydrogen) atoms. The monoisotopic (exact) mass is 345 g/mol. The Morgan fingerprint density at radius 3 is 2.72 bits per heavy atom. The maximum atomic E-state index is 12.6. The molecule has 0 atom stereocenters. The zero-order chi connectivity index (χ0) is 17.4. The molecule has 0 bridgehead atoms. The summed E-state index contributed by atoms with van der Waals surface area (Å²) in [5.41, 5.74) is 3.71. The van der Waals surface area contributed by atoms with Gasteiger partial charge in [0.2, 0.25) is 0 Å². The van der Waals surface area contributed by atoms with Crippen molar-refractivity contribution in [3.63, 3.8) is 0 Å². The quantitative estimate of drug-likeness (QED) is 0.825. The minimum absolute atomic E-state index is 0.00229. The Balaban J connectivity index is 1.46. The van der Waals surface area contributed by atoms with Gasteiger partial charge in [0.25, 0.3) is 5.91 Å². The third-order valence-corrected chi connectivity index (χ3v) is 4.96. The highest BCUT2D eigenvalue weighted by atomic mass is 16.5. The average Bonchev–Trinajstić information content (AvgIpc) is 3.20. The van der Waals surface area contributed by atoms with Crippen LogP contribution in [0.5, 0.6) is 0 Å². The number of aryl methyl sites for hydroxylation is 2. The van der Waals surface area contributed by atoms with Crippen molar-refractivity contribution < 1.29 is 14.1 Å². The Morgan fingerprint density at radius 2 is 2.00 bits per heavy atom. The normalized spacial score (nSPS) is 18.4. The fraction of sp³-hybridized carbons (Fsp3) is 0.588. The predicted octanol–water partition coefficient (Wildman–Crippen LogP) is 0.976. The summed E-state index contributed by atoms with van der Waals surface area (Å²) in [6.45, 7) is 9.65. The van der Waals surface area contributed by atoms with Crippen molar-refractivity contribution in [2.75, 3.05) is 32.8 Å². The molecule has 0 saturated carbocycles. The van der Waals surface area contributed by atoms with E-state index in [0.717, 1.165) is 48.9 Å². The molecule has 0 N–H and O–H groups in total. The Kier molecular flexibility index (Phi) is 4.30. The molecular formula is C17H23N5O3. The van der Waals surface area contributed by atoms with Gasteiger partial charge in [0.05, 0.1) is 31.1 Å². The van der Waals surface area contributed by atoms with Gasteiger partial charge in [-0.1, -0.05) is 5.16 Å². The molecule has 8 heteroatoms. The van der Waals surface area contributed by atoms with Crippen molar-refractivity contribution in [2.24, 2.45) is 0 Å². The molecule has 2 aliphatic heterocycles. The number of nitrogens with zero attached hydrogens (tertiary/aromatic N) is 5. The lowest BCUT2D eigenvalue weighted by molar-refractivity contribution is 0.0298. The van der Waals surface area contributed by atoms with Gasteiger partial charge in [-0.25, -0.2) is 0 Å². The number of morpholine rings is 1. The third-order valence-electron chi connectivity index (χ3n) is 4.96. The van der Waals surface area contributed by atoms with Crippen molar-refractivity contribution in [3.8, 4) is 0 Å². The van der Waals surface area contributed by atoms with Crippen molar-refractivity contribution in [1.29, 1.82) is 0 Å². The number of aromatic nitrogens is 3. The highest BCUT2D eigenvalue weighted by molar-refractivity contribution is 5.92. The predicted molar refractivity (Wildman–Crippen MR) is 89.0 cm³/mol.